The number of esters is 1. The van der Waals surface area contributed by atoms with Gasteiger partial charge in [-0.2, -0.15) is 0 Å². The molecule has 2 saturated carbocycles. The summed E-state index contributed by atoms with van der Waals surface area (Å²) in [7, 11) is 0. The molecule has 1 heterocycles. The van der Waals surface area contributed by atoms with Crippen LogP contribution in [0.4, 0.5) is 5.69 Å². The molecule has 0 N–H and O–H groups in total. The largest absolute Gasteiger partial charge is 0.423 e. The molecule has 2 amide bonds. The number of imide groups is 1. The summed E-state index contributed by atoms with van der Waals surface area (Å²) in [4.78, 5) is 40.3. The van der Waals surface area contributed by atoms with Gasteiger partial charge in [0.25, 0.3) is 0 Å². The van der Waals surface area contributed by atoms with Crippen LogP contribution in [0.3, 0.4) is 0 Å². The van der Waals surface area contributed by atoms with Gasteiger partial charge in [-0.1, -0.05) is 18.2 Å². The SMILES string of the molecule is Cc1cc(C)cc(OC(=O)c2ccc(N3C(=O)[C@@H]4[C@H]5C=C[C@@H]([C@@H]6C[C@@H]56)[C@@H]4C3=O)cc2)c1. The number of carbonyl (C=O) groups is 3. The van der Waals surface area contributed by atoms with Gasteiger partial charge in [-0.15, -0.1) is 0 Å². The third-order valence-electron chi connectivity index (χ3n) is 7.43. The predicted octanol–water partition coefficient (Wildman–Crippen LogP) is 4.08. The molecule has 2 aromatic carbocycles. The Balaban J connectivity index is 1.23. The predicted molar refractivity (Wildman–Crippen MR) is 115 cm³/mol. The minimum atomic E-state index is -0.466. The summed E-state index contributed by atoms with van der Waals surface area (Å²) >= 11 is 0. The first-order valence-electron chi connectivity index (χ1n) is 10.9. The van der Waals surface area contributed by atoms with E-state index in [2.05, 4.69) is 12.2 Å². The van der Waals surface area contributed by atoms with Crippen LogP contribution in [0, 0.1) is 49.4 Å². The molecular formula is C26H23NO4. The van der Waals surface area contributed by atoms with Crippen molar-refractivity contribution in [1.29, 1.82) is 0 Å². The van der Waals surface area contributed by atoms with Crippen LogP contribution in [0.1, 0.15) is 27.9 Å². The molecule has 2 bridgehead atoms. The molecule has 0 spiro atoms. The highest BCUT2D eigenvalue weighted by molar-refractivity contribution is 6.22. The molecule has 5 heteroatoms. The van der Waals surface area contributed by atoms with E-state index in [0.717, 1.165) is 17.5 Å². The van der Waals surface area contributed by atoms with Crippen LogP contribution in [-0.4, -0.2) is 17.8 Å². The number of hydrogen-bond donors (Lipinski definition) is 0. The van der Waals surface area contributed by atoms with Crippen LogP contribution in [0.25, 0.3) is 0 Å². The number of aryl methyl sites for hydroxylation is 2. The fourth-order valence-corrected chi connectivity index (χ4v) is 6.12. The Kier molecular flexibility index (Phi) is 3.83. The molecule has 1 saturated heterocycles. The molecule has 31 heavy (non-hydrogen) atoms. The average molecular weight is 413 g/mol. The van der Waals surface area contributed by atoms with Crippen molar-refractivity contribution in [2.45, 2.75) is 20.3 Å². The van der Waals surface area contributed by atoms with Gasteiger partial charge in [0.1, 0.15) is 5.75 Å². The molecule has 5 aliphatic rings. The average Bonchev–Trinajstić information content (AvgIpc) is 3.51. The fourth-order valence-electron chi connectivity index (χ4n) is 6.12. The van der Waals surface area contributed by atoms with Crippen molar-refractivity contribution in [3.05, 3.63) is 71.3 Å². The molecule has 6 atom stereocenters. The lowest BCUT2D eigenvalue weighted by Gasteiger charge is -2.37. The van der Waals surface area contributed by atoms with Gasteiger partial charge in [0.15, 0.2) is 0 Å². The van der Waals surface area contributed by atoms with Gasteiger partial charge < -0.3 is 4.74 Å². The molecule has 156 valence electrons. The van der Waals surface area contributed by atoms with Crippen LogP contribution >= 0.6 is 0 Å². The molecule has 5 nitrogen and oxygen atoms in total. The fraction of sp³-hybridized carbons (Fsp3) is 0.346. The van der Waals surface area contributed by atoms with Gasteiger partial charge in [0.2, 0.25) is 11.8 Å². The van der Waals surface area contributed by atoms with Crippen molar-refractivity contribution in [3.8, 4) is 5.75 Å². The van der Waals surface area contributed by atoms with Gasteiger partial charge in [-0.05, 0) is 91.5 Å². The summed E-state index contributed by atoms with van der Waals surface area (Å²) in [6.45, 7) is 3.90. The topological polar surface area (TPSA) is 63.7 Å². The van der Waals surface area contributed by atoms with E-state index in [9.17, 15) is 14.4 Å². The maximum absolute atomic E-state index is 13.2. The molecule has 0 unspecified atom stereocenters. The highest BCUT2D eigenvalue weighted by atomic mass is 16.5. The molecule has 4 aliphatic carbocycles. The zero-order valence-electron chi connectivity index (χ0n) is 17.4. The van der Waals surface area contributed by atoms with E-state index in [1.54, 1.807) is 24.3 Å². The Hall–Kier alpha value is -3.21. The highest BCUT2D eigenvalue weighted by Crippen LogP contribution is 2.65. The third kappa shape index (κ3) is 2.72. The molecule has 3 fully saturated rings. The Bertz CT molecular complexity index is 1110. The number of carbonyl (C=O) groups excluding carboxylic acids is 3. The Labute approximate surface area is 180 Å². The standard InChI is InChI=1S/C26H23NO4/c1-13-9-14(2)11-17(10-13)31-26(30)15-3-5-16(6-4-15)27-24(28)22-18-7-8-19(21-12-20(18)21)23(22)25(27)29/h3-11,18-23H,12H2,1-2H3/t18-,19-,20-,21-,22-,23+/m0/s1. The Morgan fingerprint density at radius 3 is 1.97 bits per heavy atom. The number of anilines is 1. The van der Waals surface area contributed by atoms with Crippen molar-refractivity contribution >= 4 is 23.5 Å². The lowest BCUT2D eigenvalue weighted by Crippen LogP contribution is -2.40. The molecule has 2 aromatic rings. The second kappa shape index (κ2) is 6.39. The van der Waals surface area contributed by atoms with Crippen LogP contribution in [0.2, 0.25) is 0 Å². The van der Waals surface area contributed by atoms with Gasteiger partial charge in [0, 0.05) is 0 Å². The third-order valence-corrected chi connectivity index (χ3v) is 7.43. The van der Waals surface area contributed by atoms with Gasteiger partial charge in [-0.3, -0.25) is 14.5 Å². The van der Waals surface area contributed by atoms with E-state index in [4.69, 9.17) is 4.74 Å². The van der Waals surface area contributed by atoms with Gasteiger partial charge in [-0.25, -0.2) is 4.79 Å². The number of benzene rings is 2. The highest BCUT2D eigenvalue weighted by Gasteiger charge is 2.67. The number of ether oxygens (including phenoxy) is 1. The van der Waals surface area contributed by atoms with E-state index < -0.39 is 5.97 Å². The van der Waals surface area contributed by atoms with Crippen LogP contribution < -0.4 is 9.64 Å². The first kappa shape index (κ1) is 18.6. The van der Waals surface area contributed by atoms with Crippen LogP contribution in [0.5, 0.6) is 5.75 Å². The normalized spacial score (nSPS) is 32.1. The maximum atomic E-state index is 13.2. The lowest BCUT2D eigenvalue weighted by atomic mass is 9.63. The van der Waals surface area contributed by atoms with E-state index in [1.807, 2.05) is 32.0 Å². The maximum Gasteiger partial charge on any atom is 0.343 e. The van der Waals surface area contributed by atoms with Gasteiger partial charge >= 0.3 is 5.97 Å². The van der Waals surface area contributed by atoms with E-state index in [-0.39, 0.29) is 35.5 Å². The van der Waals surface area contributed by atoms with Crippen molar-refractivity contribution < 1.29 is 19.1 Å². The minimum Gasteiger partial charge on any atom is -0.423 e. The first-order valence-corrected chi connectivity index (χ1v) is 10.9. The van der Waals surface area contributed by atoms with Crippen molar-refractivity contribution in [3.63, 3.8) is 0 Å². The number of rotatable bonds is 3. The summed E-state index contributed by atoms with van der Waals surface area (Å²) in [5.41, 5.74) is 2.95. The number of hydrogen-bond acceptors (Lipinski definition) is 4. The van der Waals surface area contributed by atoms with E-state index in [0.29, 0.717) is 28.8 Å². The monoisotopic (exact) mass is 413 g/mol. The van der Waals surface area contributed by atoms with Crippen molar-refractivity contribution in [2.24, 2.45) is 35.5 Å². The second-order valence-electron chi connectivity index (χ2n) is 9.43. The Morgan fingerprint density at radius 1 is 0.871 bits per heavy atom. The number of allylic oxidation sites excluding steroid dienone is 2. The van der Waals surface area contributed by atoms with E-state index >= 15 is 0 Å². The summed E-state index contributed by atoms with van der Waals surface area (Å²) in [6, 6.07) is 12.2. The smallest absolute Gasteiger partial charge is 0.343 e. The van der Waals surface area contributed by atoms with Gasteiger partial charge in [0.05, 0.1) is 23.1 Å². The van der Waals surface area contributed by atoms with Crippen LogP contribution in [0.15, 0.2) is 54.6 Å². The first-order chi connectivity index (χ1) is 14.9. The zero-order valence-corrected chi connectivity index (χ0v) is 17.4. The lowest BCUT2D eigenvalue weighted by molar-refractivity contribution is -0.124. The molecule has 0 aromatic heterocycles. The molecule has 1 aliphatic heterocycles. The van der Waals surface area contributed by atoms with Crippen molar-refractivity contribution in [2.75, 3.05) is 4.90 Å². The molecule has 0 radical (unpaired) electrons. The summed E-state index contributed by atoms with van der Waals surface area (Å²) in [5.74, 6) is 0.970. The minimum absolute atomic E-state index is 0.0923. The second-order valence-corrected chi connectivity index (χ2v) is 9.43. The molecule has 7 rings (SSSR count). The Morgan fingerprint density at radius 2 is 1.42 bits per heavy atom. The van der Waals surface area contributed by atoms with Crippen molar-refractivity contribution in [1.82, 2.24) is 0 Å². The molecular weight excluding hydrogens is 390 g/mol. The van der Waals surface area contributed by atoms with Crippen LogP contribution in [-0.2, 0) is 9.59 Å². The number of nitrogens with zero attached hydrogens (tertiary/aromatic N) is 1. The summed E-state index contributed by atoms with van der Waals surface area (Å²) in [6.07, 6.45) is 5.48. The summed E-state index contributed by atoms with van der Waals surface area (Å²) in [5, 5.41) is 0. The zero-order chi connectivity index (χ0) is 21.4. The number of amides is 2. The van der Waals surface area contributed by atoms with E-state index in [1.165, 1.54) is 4.90 Å². The summed E-state index contributed by atoms with van der Waals surface area (Å²) < 4.78 is 5.51. The quantitative estimate of drug-likeness (QED) is 0.329.